The van der Waals surface area contributed by atoms with Crippen LogP contribution < -0.4 is 4.90 Å². The maximum Gasteiger partial charge on any atom is 0.155 e. The molecule has 124 valence electrons. The van der Waals surface area contributed by atoms with Gasteiger partial charge in [-0.2, -0.15) is 5.10 Å². The summed E-state index contributed by atoms with van der Waals surface area (Å²) in [5, 5.41) is 4.43. The van der Waals surface area contributed by atoms with Gasteiger partial charge in [-0.05, 0) is 46.0 Å². The molecule has 23 heavy (non-hydrogen) atoms. The highest BCUT2D eigenvalue weighted by Crippen LogP contribution is 2.25. The summed E-state index contributed by atoms with van der Waals surface area (Å²) in [5.41, 5.74) is 2.18. The van der Waals surface area contributed by atoms with E-state index in [1.54, 1.807) is 0 Å². The lowest BCUT2D eigenvalue weighted by atomic mass is 9.99. The normalized spacial score (nSPS) is 21.3. The fraction of sp³-hybridized carbons (Fsp3) is 0.647. The number of anilines is 1. The Labute approximate surface area is 137 Å². The summed E-state index contributed by atoms with van der Waals surface area (Å²) in [6.45, 7) is 6.62. The van der Waals surface area contributed by atoms with E-state index in [2.05, 4.69) is 57.2 Å². The van der Waals surface area contributed by atoms with E-state index in [1.165, 1.54) is 31.6 Å². The molecule has 0 radical (unpaired) electrons. The monoisotopic (exact) mass is 314 g/mol. The third-order valence-corrected chi connectivity index (χ3v) is 5.45. The van der Waals surface area contributed by atoms with Crippen LogP contribution in [0.2, 0.25) is 0 Å². The second kappa shape index (κ2) is 5.76. The van der Waals surface area contributed by atoms with E-state index < -0.39 is 0 Å². The van der Waals surface area contributed by atoms with E-state index in [1.807, 2.05) is 11.4 Å². The van der Waals surface area contributed by atoms with E-state index in [4.69, 9.17) is 0 Å². The van der Waals surface area contributed by atoms with E-state index in [-0.39, 0.29) is 0 Å². The zero-order chi connectivity index (χ0) is 16.0. The van der Waals surface area contributed by atoms with Crippen molar-refractivity contribution >= 4 is 11.3 Å². The first-order valence-corrected chi connectivity index (χ1v) is 8.58. The molecule has 0 spiro atoms. The Hall–Kier alpha value is -1.66. The summed E-state index contributed by atoms with van der Waals surface area (Å²) < 4.78 is 1.90. The zero-order valence-corrected chi connectivity index (χ0v) is 14.3. The Morgan fingerprint density at radius 2 is 1.87 bits per heavy atom. The summed E-state index contributed by atoms with van der Waals surface area (Å²) >= 11 is 0. The molecule has 0 aromatic carbocycles. The van der Waals surface area contributed by atoms with Crippen LogP contribution in [-0.4, -0.2) is 76.8 Å². The lowest BCUT2D eigenvalue weighted by Crippen LogP contribution is -2.60. The Kier molecular flexibility index (Phi) is 3.73. The molecule has 0 amide bonds. The van der Waals surface area contributed by atoms with Gasteiger partial charge in [0, 0.05) is 38.3 Å². The summed E-state index contributed by atoms with van der Waals surface area (Å²) in [7, 11) is 4.51. The molecule has 2 aromatic heterocycles. The first kappa shape index (κ1) is 14.9. The molecule has 0 saturated carbocycles. The first-order chi connectivity index (χ1) is 11.1. The number of likely N-dealkylation sites (tertiary alicyclic amines) is 1. The average Bonchev–Trinajstić information content (AvgIpc) is 2.90. The van der Waals surface area contributed by atoms with Crippen molar-refractivity contribution in [3.05, 3.63) is 24.2 Å². The van der Waals surface area contributed by atoms with E-state index >= 15 is 0 Å². The maximum atomic E-state index is 4.43. The van der Waals surface area contributed by atoms with E-state index in [0.29, 0.717) is 0 Å². The third-order valence-electron chi connectivity index (χ3n) is 5.45. The summed E-state index contributed by atoms with van der Waals surface area (Å²) in [6, 6.07) is 5.72. The van der Waals surface area contributed by atoms with Crippen molar-refractivity contribution in [2.75, 3.05) is 45.2 Å². The van der Waals surface area contributed by atoms with Crippen molar-refractivity contribution in [1.82, 2.24) is 24.4 Å². The first-order valence-electron chi connectivity index (χ1n) is 8.58. The average molecular weight is 314 g/mol. The van der Waals surface area contributed by atoms with Gasteiger partial charge in [0.1, 0.15) is 5.82 Å². The lowest BCUT2D eigenvalue weighted by molar-refractivity contribution is 0.0350. The maximum absolute atomic E-state index is 4.43. The van der Waals surface area contributed by atoms with Crippen LogP contribution in [-0.2, 0) is 0 Å². The molecule has 0 unspecified atom stereocenters. The van der Waals surface area contributed by atoms with Crippen molar-refractivity contribution in [2.45, 2.75) is 31.8 Å². The number of hydrogen-bond acceptors (Lipinski definition) is 5. The van der Waals surface area contributed by atoms with Crippen molar-refractivity contribution in [3.8, 4) is 0 Å². The molecule has 6 heteroatoms. The summed E-state index contributed by atoms with van der Waals surface area (Å²) in [5.74, 6) is 0.827. The van der Waals surface area contributed by atoms with Crippen LogP contribution in [0.3, 0.4) is 0 Å². The predicted octanol–water partition coefficient (Wildman–Crippen LogP) is 1.25. The highest BCUT2D eigenvalue weighted by atomic mass is 15.3. The van der Waals surface area contributed by atoms with Crippen LogP contribution in [0, 0.1) is 6.92 Å². The van der Waals surface area contributed by atoms with Gasteiger partial charge in [0.15, 0.2) is 5.65 Å². The quantitative estimate of drug-likeness (QED) is 0.853. The van der Waals surface area contributed by atoms with Gasteiger partial charge in [0.25, 0.3) is 0 Å². The van der Waals surface area contributed by atoms with Crippen molar-refractivity contribution in [1.29, 1.82) is 0 Å². The van der Waals surface area contributed by atoms with Gasteiger partial charge >= 0.3 is 0 Å². The number of piperidine rings is 1. The molecule has 0 aliphatic carbocycles. The zero-order valence-electron chi connectivity index (χ0n) is 14.3. The van der Waals surface area contributed by atoms with Gasteiger partial charge < -0.3 is 9.80 Å². The molecule has 0 atom stereocenters. The van der Waals surface area contributed by atoms with E-state index in [0.717, 1.165) is 36.6 Å². The number of rotatable bonds is 3. The Morgan fingerprint density at radius 1 is 1.13 bits per heavy atom. The molecule has 0 N–H and O–H groups in total. The number of nitrogens with zero attached hydrogens (tertiary/aromatic N) is 6. The molecule has 6 nitrogen and oxygen atoms in total. The second-order valence-corrected chi connectivity index (χ2v) is 7.11. The Morgan fingerprint density at radius 3 is 2.57 bits per heavy atom. The van der Waals surface area contributed by atoms with Crippen LogP contribution in [0.15, 0.2) is 18.3 Å². The largest absolute Gasteiger partial charge is 0.370 e. The van der Waals surface area contributed by atoms with Gasteiger partial charge in [-0.15, -0.1) is 0 Å². The van der Waals surface area contributed by atoms with Crippen LogP contribution in [0.4, 0.5) is 5.69 Å². The van der Waals surface area contributed by atoms with Crippen LogP contribution >= 0.6 is 0 Å². The second-order valence-electron chi connectivity index (χ2n) is 7.11. The SMILES string of the molecule is Cc1nc2ccc(N3CCC(N(C)C4CN(C)C4)CC3)cn2n1. The minimum Gasteiger partial charge on any atom is -0.370 e. The molecular formula is C17H26N6. The van der Waals surface area contributed by atoms with Gasteiger partial charge in [-0.3, -0.25) is 4.90 Å². The number of likely N-dealkylation sites (N-methyl/N-ethyl adjacent to an activating group) is 2. The molecular weight excluding hydrogens is 288 g/mol. The highest BCUT2D eigenvalue weighted by molar-refractivity contribution is 5.51. The van der Waals surface area contributed by atoms with Crippen molar-refractivity contribution in [2.24, 2.45) is 0 Å². The van der Waals surface area contributed by atoms with Crippen LogP contribution in [0.25, 0.3) is 5.65 Å². The minimum absolute atomic E-state index is 0.724. The van der Waals surface area contributed by atoms with E-state index in [9.17, 15) is 0 Å². The van der Waals surface area contributed by atoms with Gasteiger partial charge in [0.2, 0.25) is 0 Å². The van der Waals surface area contributed by atoms with Crippen molar-refractivity contribution in [3.63, 3.8) is 0 Å². The standard InChI is InChI=1S/C17H26N6/c1-13-18-17-5-4-15(12-23(17)19-13)22-8-6-14(7-9-22)21(3)16-10-20(2)11-16/h4-5,12,14,16H,6-11H2,1-3H3. The summed E-state index contributed by atoms with van der Waals surface area (Å²) in [4.78, 5) is 11.9. The number of aryl methyl sites for hydroxylation is 1. The molecule has 2 aromatic rings. The van der Waals surface area contributed by atoms with Gasteiger partial charge in [-0.25, -0.2) is 9.50 Å². The smallest absolute Gasteiger partial charge is 0.155 e. The fourth-order valence-electron chi connectivity index (χ4n) is 3.92. The van der Waals surface area contributed by atoms with Crippen LogP contribution in [0.5, 0.6) is 0 Å². The lowest BCUT2D eigenvalue weighted by Gasteiger charge is -2.47. The third kappa shape index (κ3) is 2.81. The Balaban J connectivity index is 1.40. The molecule has 2 aliphatic heterocycles. The van der Waals surface area contributed by atoms with Gasteiger partial charge in [-0.1, -0.05) is 0 Å². The molecule has 4 rings (SSSR count). The summed E-state index contributed by atoms with van der Waals surface area (Å²) in [6.07, 6.45) is 4.59. The molecule has 4 heterocycles. The highest BCUT2D eigenvalue weighted by Gasteiger charge is 2.32. The number of fused-ring (bicyclic) bond motifs is 1. The van der Waals surface area contributed by atoms with Crippen LogP contribution in [0.1, 0.15) is 18.7 Å². The molecule has 2 saturated heterocycles. The molecule has 0 bridgehead atoms. The molecule has 2 fully saturated rings. The number of aromatic nitrogens is 3. The minimum atomic E-state index is 0.724. The van der Waals surface area contributed by atoms with Gasteiger partial charge in [0.05, 0.1) is 11.9 Å². The fourth-order valence-corrected chi connectivity index (χ4v) is 3.92. The number of pyridine rings is 1. The Bertz CT molecular complexity index is 681. The number of hydrogen-bond donors (Lipinski definition) is 0. The molecule has 2 aliphatic rings. The predicted molar refractivity (Wildman–Crippen MR) is 92.0 cm³/mol. The topological polar surface area (TPSA) is 39.9 Å². The van der Waals surface area contributed by atoms with Crippen molar-refractivity contribution < 1.29 is 0 Å².